The molecule has 0 bridgehead atoms. The summed E-state index contributed by atoms with van der Waals surface area (Å²) in [6.07, 6.45) is 2.88. The zero-order valence-electron chi connectivity index (χ0n) is 11.8. The van der Waals surface area contributed by atoms with Gasteiger partial charge in [-0.2, -0.15) is 5.10 Å². The number of carbonyl (C=O) groups excluding carboxylic acids is 1. The summed E-state index contributed by atoms with van der Waals surface area (Å²) in [7, 11) is 0. The van der Waals surface area contributed by atoms with Crippen molar-refractivity contribution in [3.8, 4) is 0 Å². The monoisotopic (exact) mass is 283 g/mol. The number of urea groups is 1. The Labute approximate surface area is 117 Å². The molecule has 0 fully saturated rings. The van der Waals surface area contributed by atoms with Crippen molar-refractivity contribution in [3.05, 3.63) is 12.4 Å². The molecule has 0 aliphatic carbocycles. The zero-order valence-corrected chi connectivity index (χ0v) is 11.8. The fraction of sp³-hybridized carbons (Fsp3) is 0.583. The normalized spacial score (nSPS) is 10.6. The first-order chi connectivity index (χ1) is 9.55. The van der Waals surface area contributed by atoms with E-state index >= 15 is 0 Å². The molecule has 112 valence electrons. The van der Waals surface area contributed by atoms with E-state index in [9.17, 15) is 9.59 Å². The number of carboxylic acid groups (broad SMARTS) is 1. The number of amides is 2. The summed E-state index contributed by atoms with van der Waals surface area (Å²) >= 11 is 0. The van der Waals surface area contributed by atoms with Crippen LogP contribution in [0.5, 0.6) is 0 Å². The van der Waals surface area contributed by atoms with Gasteiger partial charge < -0.3 is 20.6 Å². The maximum Gasteiger partial charge on any atom is 0.325 e. The SMILES string of the molecule is CCN(CC)CCNC(=O)Nc1cnn(CC(=O)O)c1. The Morgan fingerprint density at radius 1 is 1.40 bits per heavy atom. The van der Waals surface area contributed by atoms with Gasteiger partial charge in [0.25, 0.3) is 0 Å². The molecule has 2 amide bonds. The molecule has 1 aromatic rings. The molecule has 0 saturated carbocycles. The van der Waals surface area contributed by atoms with E-state index in [1.807, 2.05) is 0 Å². The van der Waals surface area contributed by atoms with Crippen LogP contribution in [0.2, 0.25) is 0 Å². The summed E-state index contributed by atoms with van der Waals surface area (Å²) in [5.41, 5.74) is 0.464. The van der Waals surface area contributed by atoms with Crippen molar-refractivity contribution in [2.45, 2.75) is 20.4 Å². The second kappa shape index (κ2) is 8.16. The minimum Gasteiger partial charge on any atom is -0.480 e. The van der Waals surface area contributed by atoms with E-state index < -0.39 is 5.97 Å². The zero-order chi connectivity index (χ0) is 15.0. The van der Waals surface area contributed by atoms with Gasteiger partial charge in [0.1, 0.15) is 6.54 Å². The van der Waals surface area contributed by atoms with Crippen LogP contribution >= 0.6 is 0 Å². The maximum absolute atomic E-state index is 11.6. The lowest BCUT2D eigenvalue weighted by Crippen LogP contribution is -2.36. The molecule has 3 N–H and O–H groups in total. The second-order valence-corrected chi connectivity index (χ2v) is 4.23. The Morgan fingerprint density at radius 3 is 2.70 bits per heavy atom. The van der Waals surface area contributed by atoms with Crippen LogP contribution in [-0.4, -0.2) is 58.0 Å². The average Bonchev–Trinajstić information content (AvgIpc) is 2.81. The van der Waals surface area contributed by atoms with Gasteiger partial charge in [0.15, 0.2) is 0 Å². The molecule has 0 unspecified atom stereocenters. The third-order valence-corrected chi connectivity index (χ3v) is 2.80. The number of aromatic nitrogens is 2. The topological polar surface area (TPSA) is 99.5 Å². The van der Waals surface area contributed by atoms with Crippen LogP contribution in [0.25, 0.3) is 0 Å². The Morgan fingerprint density at radius 2 is 2.10 bits per heavy atom. The van der Waals surface area contributed by atoms with Gasteiger partial charge in [0.05, 0.1) is 11.9 Å². The predicted molar refractivity (Wildman–Crippen MR) is 74.7 cm³/mol. The van der Waals surface area contributed by atoms with Gasteiger partial charge in [-0.15, -0.1) is 0 Å². The van der Waals surface area contributed by atoms with E-state index in [4.69, 9.17) is 5.11 Å². The minimum atomic E-state index is -0.983. The molecule has 0 spiro atoms. The first kappa shape index (κ1) is 16.0. The number of carboxylic acids is 1. The quantitative estimate of drug-likeness (QED) is 0.642. The second-order valence-electron chi connectivity index (χ2n) is 4.23. The number of anilines is 1. The molecule has 8 heteroatoms. The number of aliphatic carboxylic acids is 1. The van der Waals surface area contributed by atoms with Crippen LogP contribution < -0.4 is 10.6 Å². The van der Waals surface area contributed by atoms with Crippen molar-refractivity contribution in [2.75, 3.05) is 31.5 Å². The largest absolute Gasteiger partial charge is 0.480 e. The number of likely N-dealkylation sites (N-methyl/N-ethyl adjacent to an activating group) is 1. The molecule has 1 heterocycles. The van der Waals surface area contributed by atoms with Gasteiger partial charge in [-0.3, -0.25) is 9.48 Å². The highest BCUT2D eigenvalue weighted by Crippen LogP contribution is 2.04. The summed E-state index contributed by atoms with van der Waals surface area (Å²) in [6, 6.07) is -0.327. The highest BCUT2D eigenvalue weighted by atomic mass is 16.4. The van der Waals surface area contributed by atoms with Crippen molar-refractivity contribution in [1.29, 1.82) is 0 Å². The molecule has 1 aromatic heterocycles. The van der Waals surface area contributed by atoms with Crippen LogP contribution in [0.1, 0.15) is 13.8 Å². The van der Waals surface area contributed by atoms with Crippen molar-refractivity contribution in [3.63, 3.8) is 0 Å². The first-order valence-corrected chi connectivity index (χ1v) is 6.56. The van der Waals surface area contributed by atoms with Crippen molar-refractivity contribution in [1.82, 2.24) is 20.0 Å². The summed E-state index contributed by atoms with van der Waals surface area (Å²) in [6.45, 7) is 7.14. The van der Waals surface area contributed by atoms with Gasteiger partial charge in [0, 0.05) is 19.3 Å². The van der Waals surface area contributed by atoms with Crippen molar-refractivity contribution < 1.29 is 14.7 Å². The van der Waals surface area contributed by atoms with Crippen LogP contribution in [0.15, 0.2) is 12.4 Å². The number of nitrogens with zero attached hydrogens (tertiary/aromatic N) is 3. The number of carbonyl (C=O) groups is 2. The Kier molecular flexibility index (Phi) is 6.51. The van der Waals surface area contributed by atoms with Gasteiger partial charge in [-0.25, -0.2) is 4.79 Å². The Balaban J connectivity index is 2.31. The fourth-order valence-electron chi connectivity index (χ4n) is 1.70. The lowest BCUT2D eigenvalue weighted by Gasteiger charge is -2.17. The molecule has 0 aliphatic heterocycles. The average molecular weight is 283 g/mol. The molecule has 0 aliphatic rings. The number of hydrogen-bond donors (Lipinski definition) is 3. The van der Waals surface area contributed by atoms with Crippen LogP contribution in [-0.2, 0) is 11.3 Å². The van der Waals surface area contributed by atoms with Gasteiger partial charge in [0.2, 0.25) is 0 Å². The first-order valence-electron chi connectivity index (χ1n) is 6.56. The van der Waals surface area contributed by atoms with E-state index in [-0.39, 0.29) is 12.6 Å². The number of rotatable bonds is 8. The smallest absolute Gasteiger partial charge is 0.325 e. The van der Waals surface area contributed by atoms with Crippen LogP contribution in [0.4, 0.5) is 10.5 Å². The fourth-order valence-corrected chi connectivity index (χ4v) is 1.70. The molecule has 0 radical (unpaired) electrons. The number of hydrogen-bond acceptors (Lipinski definition) is 4. The van der Waals surface area contributed by atoms with Gasteiger partial charge in [-0.1, -0.05) is 13.8 Å². The van der Waals surface area contributed by atoms with E-state index in [1.165, 1.54) is 17.1 Å². The highest BCUT2D eigenvalue weighted by molar-refractivity contribution is 5.88. The standard InChI is InChI=1S/C12H21N5O3/c1-3-16(4-2)6-5-13-12(20)15-10-7-14-17(8-10)9-11(18)19/h7-8H,3-6,9H2,1-2H3,(H,18,19)(H2,13,15,20). The van der Waals surface area contributed by atoms with E-state index in [0.29, 0.717) is 12.2 Å². The predicted octanol–water partition coefficient (Wildman–Crippen LogP) is 0.431. The molecule has 1 rings (SSSR count). The van der Waals surface area contributed by atoms with Crippen molar-refractivity contribution >= 4 is 17.7 Å². The lowest BCUT2D eigenvalue weighted by atomic mass is 10.4. The lowest BCUT2D eigenvalue weighted by molar-refractivity contribution is -0.137. The molecule has 0 atom stereocenters. The Hall–Kier alpha value is -2.09. The molecular formula is C12H21N5O3. The minimum absolute atomic E-state index is 0.231. The number of nitrogens with one attached hydrogen (secondary N) is 2. The molecule has 8 nitrogen and oxygen atoms in total. The summed E-state index contributed by atoms with van der Waals surface area (Å²) in [5.74, 6) is -0.983. The third kappa shape index (κ3) is 5.70. The van der Waals surface area contributed by atoms with E-state index in [2.05, 4.69) is 34.5 Å². The van der Waals surface area contributed by atoms with Gasteiger partial charge >= 0.3 is 12.0 Å². The van der Waals surface area contributed by atoms with Gasteiger partial charge in [-0.05, 0) is 13.1 Å². The van der Waals surface area contributed by atoms with Crippen molar-refractivity contribution in [2.24, 2.45) is 0 Å². The Bertz CT molecular complexity index is 442. The van der Waals surface area contributed by atoms with E-state index in [0.717, 1.165) is 19.6 Å². The third-order valence-electron chi connectivity index (χ3n) is 2.80. The summed E-state index contributed by atoms with van der Waals surface area (Å²) < 4.78 is 1.24. The van der Waals surface area contributed by atoms with E-state index in [1.54, 1.807) is 0 Å². The molecule has 20 heavy (non-hydrogen) atoms. The maximum atomic E-state index is 11.6. The van der Waals surface area contributed by atoms with Crippen LogP contribution in [0, 0.1) is 0 Å². The summed E-state index contributed by atoms with van der Waals surface area (Å²) in [5, 5.41) is 17.8. The molecule has 0 saturated heterocycles. The molecular weight excluding hydrogens is 262 g/mol. The van der Waals surface area contributed by atoms with Crippen LogP contribution in [0.3, 0.4) is 0 Å². The highest BCUT2D eigenvalue weighted by Gasteiger charge is 2.06. The summed E-state index contributed by atoms with van der Waals surface area (Å²) in [4.78, 5) is 24.3. The molecule has 0 aromatic carbocycles.